The third-order valence-electron chi connectivity index (χ3n) is 2.32. The maximum absolute atomic E-state index is 11.6. The van der Waals surface area contributed by atoms with Gasteiger partial charge in [0.05, 0.1) is 24.5 Å². The fourth-order valence-electron chi connectivity index (χ4n) is 0.928. The van der Waals surface area contributed by atoms with Gasteiger partial charge in [-0.15, -0.1) is 0 Å². The Hall–Kier alpha value is -0.580. The molecular formula is C9H18O4S. The maximum atomic E-state index is 11.6. The summed E-state index contributed by atoms with van der Waals surface area (Å²) in [5, 5.41) is -0.410. The lowest BCUT2D eigenvalue weighted by Crippen LogP contribution is -2.27. The Labute approximate surface area is 85.6 Å². The number of hydrogen-bond acceptors (Lipinski definition) is 4. The molecule has 0 rings (SSSR count). The van der Waals surface area contributed by atoms with Gasteiger partial charge in [-0.1, -0.05) is 13.8 Å². The SMILES string of the molecule is COC(=O)CCS(=O)(=O)C(C)C(C)C. The molecule has 4 nitrogen and oxygen atoms in total. The zero-order valence-corrected chi connectivity index (χ0v) is 9.93. The summed E-state index contributed by atoms with van der Waals surface area (Å²) in [6.07, 6.45) is -0.0596. The van der Waals surface area contributed by atoms with Crippen LogP contribution in [0.5, 0.6) is 0 Å². The van der Waals surface area contributed by atoms with E-state index in [0.29, 0.717) is 0 Å². The molecule has 0 aromatic carbocycles. The number of methoxy groups -OCH3 is 1. The molecule has 1 atom stereocenters. The van der Waals surface area contributed by atoms with Gasteiger partial charge in [-0.05, 0) is 12.8 Å². The Morgan fingerprint density at radius 1 is 1.29 bits per heavy atom. The summed E-state index contributed by atoms with van der Waals surface area (Å²) in [7, 11) is -1.91. The third kappa shape index (κ3) is 4.09. The summed E-state index contributed by atoms with van der Waals surface area (Å²) >= 11 is 0. The van der Waals surface area contributed by atoms with Crippen molar-refractivity contribution in [3.8, 4) is 0 Å². The van der Waals surface area contributed by atoms with E-state index < -0.39 is 21.1 Å². The quantitative estimate of drug-likeness (QED) is 0.651. The molecule has 0 saturated carbocycles. The van der Waals surface area contributed by atoms with E-state index in [1.54, 1.807) is 6.92 Å². The highest BCUT2D eigenvalue weighted by molar-refractivity contribution is 7.92. The molecule has 0 N–H and O–H groups in total. The molecule has 0 bridgehead atoms. The molecule has 0 saturated heterocycles. The van der Waals surface area contributed by atoms with E-state index in [-0.39, 0.29) is 18.1 Å². The summed E-state index contributed by atoms with van der Waals surface area (Å²) in [4.78, 5) is 10.8. The van der Waals surface area contributed by atoms with Gasteiger partial charge < -0.3 is 4.74 Å². The second kappa shape index (κ2) is 5.34. The second-order valence-electron chi connectivity index (χ2n) is 3.64. The van der Waals surface area contributed by atoms with Crippen molar-refractivity contribution in [2.75, 3.05) is 12.9 Å². The largest absolute Gasteiger partial charge is 0.469 e. The maximum Gasteiger partial charge on any atom is 0.306 e. The van der Waals surface area contributed by atoms with Crippen LogP contribution in [0.1, 0.15) is 27.2 Å². The number of ether oxygens (including phenoxy) is 1. The number of rotatable bonds is 5. The number of sulfone groups is 1. The smallest absolute Gasteiger partial charge is 0.306 e. The lowest BCUT2D eigenvalue weighted by molar-refractivity contribution is -0.140. The molecule has 0 aromatic heterocycles. The second-order valence-corrected chi connectivity index (χ2v) is 6.12. The topological polar surface area (TPSA) is 60.4 Å². The summed E-state index contributed by atoms with van der Waals surface area (Å²) in [5.41, 5.74) is 0. The highest BCUT2D eigenvalue weighted by atomic mass is 32.2. The van der Waals surface area contributed by atoms with Crippen LogP contribution in [-0.2, 0) is 19.4 Å². The molecule has 0 heterocycles. The van der Waals surface area contributed by atoms with Crippen molar-refractivity contribution in [3.05, 3.63) is 0 Å². The van der Waals surface area contributed by atoms with Gasteiger partial charge in [0.2, 0.25) is 0 Å². The predicted octanol–water partition coefficient (Wildman–Crippen LogP) is 1.01. The molecule has 0 aliphatic rings. The van der Waals surface area contributed by atoms with E-state index in [0.717, 1.165) is 0 Å². The highest BCUT2D eigenvalue weighted by Crippen LogP contribution is 2.13. The zero-order valence-electron chi connectivity index (χ0n) is 9.11. The molecule has 0 spiro atoms. The lowest BCUT2D eigenvalue weighted by atomic mass is 10.2. The van der Waals surface area contributed by atoms with Crippen molar-refractivity contribution in [1.29, 1.82) is 0 Å². The highest BCUT2D eigenvalue weighted by Gasteiger charge is 2.24. The number of carbonyl (C=O) groups is 1. The van der Waals surface area contributed by atoms with Crippen LogP contribution in [0.3, 0.4) is 0 Å². The van der Waals surface area contributed by atoms with E-state index in [2.05, 4.69) is 4.74 Å². The minimum atomic E-state index is -3.17. The minimum absolute atomic E-state index is 0.0596. The van der Waals surface area contributed by atoms with E-state index in [1.165, 1.54) is 7.11 Å². The Morgan fingerprint density at radius 2 is 1.79 bits per heavy atom. The summed E-state index contributed by atoms with van der Waals surface area (Å²) in [6.45, 7) is 5.36. The predicted molar refractivity (Wildman–Crippen MR) is 54.7 cm³/mol. The Balaban J connectivity index is 4.29. The first-order valence-corrected chi connectivity index (χ1v) is 6.31. The molecule has 5 heteroatoms. The van der Waals surface area contributed by atoms with E-state index in [9.17, 15) is 13.2 Å². The molecule has 0 aliphatic heterocycles. The van der Waals surface area contributed by atoms with Gasteiger partial charge in [0.1, 0.15) is 0 Å². The Bertz CT molecular complexity index is 279. The molecule has 0 amide bonds. The van der Waals surface area contributed by atoms with Gasteiger partial charge >= 0.3 is 5.97 Å². The molecule has 0 aliphatic carbocycles. The van der Waals surface area contributed by atoms with Gasteiger partial charge in [-0.3, -0.25) is 4.79 Å². The van der Waals surface area contributed by atoms with Gasteiger partial charge in [0.25, 0.3) is 0 Å². The number of esters is 1. The third-order valence-corrected chi connectivity index (χ3v) is 4.77. The molecule has 14 heavy (non-hydrogen) atoms. The molecule has 1 unspecified atom stereocenters. The van der Waals surface area contributed by atoms with Gasteiger partial charge in [0, 0.05) is 0 Å². The van der Waals surface area contributed by atoms with Crippen LogP contribution in [-0.4, -0.2) is 32.5 Å². The fraction of sp³-hybridized carbons (Fsp3) is 0.889. The Morgan fingerprint density at radius 3 is 2.14 bits per heavy atom. The van der Waals surface area contributed by atoms with Crippen molar-refractivity contribution >= 4 is 15.8 Å². The van der Waals surface area contributed by atoms with Crippen LogP contribution >= 0.6 is 0 Å². The van der Waals surface area contributed by atoms with Crippen molar-refractivity contribution in [2.45, 2.75) is 32.4 Å². The van der Waals surface area contributed by atoms with Gasteiger partial charge in [-0.25, -0.2) is 8.42 Å². The standard InChI is InChI=1S/C9H18O4S/c1-7(2)8(3)14(11,12)6-5-9(10)13-4/h7-8H,5-6H2,1-4H3. The molecule has 84 valence electrons. The minimum Gasteiger partial charge on any atom is -0.469 e. The van der Waals surface area contributed by atoms with Crippen LogP contribution in [0.4, 0.5) is 0 Å². The average Bonchev–Trinajstić information content (AvgIpc) is 2.12. The van der Waals surface area contributed by atoms with E-state index >= 15 is 0 Å². The monoisotopic (exact) mass is 222 g/mol. The van der Waals surface area contributed by atoms with Crippen molar-refractivity contribution in [2.24, 2.45) is 5.92 Å². The van der Waals surface area contributed by atoms with Crippen LogP contribution in [0.15, 0.2) is 0 Å². The molecule has 0 aromatic rings. The molecular weight excluding hydrogens is 204 g/mol. The van der Waals surface area contributed by atoms with Gasteiger partial charge in [0.15, 0.2) is 9.84 Å². The molecule has 0 fully saturated rings. The number of carbonyl (C=O) groups excluding carboxylic acids is 1. The van der Waals surface area contributed by atoms with E-state index in [4.69, 9.17) is 0 Å². The fourth-order valence-corrected chi connectivity index (χ4v) is 2.58. The van der Waals surface area contributed by atoms with Crippen LogP contribution in [0, 0.1) is 5.92 Å². The summed E-state index contributed by atoms with van der Waals surface area (Å²) in [6, 6.07) is 0. The van der Waals surface area contributed by atoms with Gasteiger partial charge in [-0.2, -0.15) is 0 Å². The van der Waals surface area contributed by atoms with Crippen LogP contribution in [0.25, 0.3) is 0 Å². The first-order chi connectivity index (χ1) is 6.31. The molecule has 0 radical (unpaired) electrons. The zero-order chi connectivity index (χ0) is 11.4. The van der Waals surface area contributed by atoms with E-state index in [1.807, 2.05) is 13.8 Å². The first-order valence-electron chi connectivity index (χ1n) is 4.59. The van der Waals surface area contributed by atoms with Crippen molar-refractivity contribution in [3.63, 3.8) is 0 Å². The summed E-state index contributed by atoms with van der Waals surface area (Å²) in [5.74, 6) is -0.541. The Kier molecular flexibility index (Phi) is 5.12. The first kappa shape index (κ1) is 13.4. The lowest BCUT2D eigenvalue weighted by Gasteiger charge is -2.15. The average molecular weight is 222 g/mol. The summed E-state index contributed by atoms with van der Waals surface area (Å²) < 4.78 is 27.6. The normalized spacial score (nSPS) is 14.1. The van der Waals surface area contributed by atoms with Crippen molar-refractivity contribution < 1.29 is 17.9 Å². The van der Waals surface area contributed by atoms with Crippen LogP contribution in [0.2, 0.25) is 0 Å². The van der Waals surface area contributed by atoms with Crippen molar-refractivity contribution in [1.82, 2.24) is 0 Å². The van der Waals surface area contributed by atoms with Crippen LogP contribution < -0.4 is 0 Å². The number of hydrogen-bond donors (Lipinski definition) is 0.